The number of ether oxygens (including phenoxy) is 1. The molecule has 0 spiro atoms. The molecule has 2 aliphatic heterocycles. The first-order valence-corrected chi connectivity index (χ1v) is 15.8. The van der Waals surface area contributed by atoms with Crippen molar-refractivity contribution in [1.29, 1.82) is 0 Å². The molecule has 3 aromatic rings. The average molecular weight is 611 g/mol. The summed E-state index contributed by atoms with van der Waals surface area (Å²) in [6, 6.07) is 16.0. The SMILES string of the molecule is Cc1cc(COc2ccc(S(=O)(=O)NC3(CC(=O)NO)CN(C(=O)N4CCN(C(C)C)CC4)C3)cc2)c2ccccc2n1. The zero-order chi connectivity index (χ0) is 30.8. The molecule has 0 radical (unpaired) electrons. The number of urea groups is 1. The average Bonchev–Trinajstić information content (AvgIpc) is 2.98. The predicted molar refractivity (Wildman–Crippen MR) is 160 cm³/mol. The van der Waals surface area contributed by atoms with Crippen LogP contribution in [0.15, 0.2) is 59.5 Å². The second-order valence-electron chi connectivity index (χ2n) is 11.6. The van der Waals surface area contributed by atoms with Gasteiger partial charge < -0.3 is 14.5 Å². The number of nitrogens with one attached hydrogen (secondary N) is 2. The maximum absolute atomic E-state index is 13.4. The monoisotopic (exact) mass is 610 g/mol. The van der Waals surface area contributed by atoms with Crippen LogP contribution in [0.2, 0.25) is 0 Å². The van der Waals surface area contributed by atoms with Gasteiger partial charge in [-0.25, -0.2) is 23.4 Å². The molecule has 2 aliphatic rings. The summed E-state index contributed by atoms with van der Waals surface area (Å²) in [7, 11) is -4.08. The molecule has 0 unspecified atom stereocenters. The van der Waals surface area contributed by atoms with E-state index in [0.29, 0.717) is 24.9 Å². The van der Waals surface area contributed by atoms with Crippen molar-refractivity contribution in [3.05, 3.63) is 65.9 Å². The van der Waals surface area contributed by atoms with Gasteiger partial charge >= 0.3 is 6.03 Å². The number of hydrogen-bond donors (Lipinski definition) is 3. The largest absolute Gasteiger partial charge is 0.489 e. The molecule has 0 saturated carbocycles. The van der Waals surface area contributed by atoms with E-state index in [-0.39, 0.29) is 37.0 Å². The van der Waals surface area contributed by atoms with Crippen LogP contribution in [-0.4, -0.2) is 96.1 Å². The standard InChI is InChI=1S/C30H38N6O6S/c1-21(2)34-12-14-35(15-13-34)29(38)36-19-30(20-36,17-28(37)32-39)33-43(40,41)25-10-8-24(9-11-25)42-18-23-16-22(3)31-27-7-5-4-6-26(23)27/h4-11,16,21,33,39H,12-15,17-20H2,1-3H3,(H,32,37). The number of pyridine rings is 1. The van der Waals surface area contributed by atoms with Gasteiger partial charge in [0.2, 0.25) is 15.9 Å². The number of para-hydroxylation sites is 1. The number of aryl methyl sites for hydroxylation is 1. The highest BCUT2D eigenvalue weighted by Gasteiger charge is 2.50. The normalized spacial score (nSPS) is 17.1. The number of piperazine rings is 1. The third kappa shape index (κ3) is 6.90. The molecule has 3 amide bonds. The molecule has 2 aromatic carbocycles. The van der Waals surface area contributed by atoms with E-state index in [9.17, 15) is 18.0 Å². The van der Waals surface area contributed by atoms with Crippen molar-refractivity contribution < 1.29 is 28.0 Å². The third-order valence-electron chi connectivity index (χ3n) is 8.01. The van der Waals surface area contributed by atoms with Gasteiger partial charge in [0, 0.05) is 62.0 Å². The van der Waals surface area contributed by atoms with Crippen molar-refractivity contribution in [2.75, 3.05) is 39.3 Å². The lowest BCUT2D eigenvalue weighted by molar-refractivity contribution is -0.132. The number of carbonyl (C=O) groups is 2. The molecule has 3 heterocycles. The Hall–Kier alpha value is -3.78. The molecular weight excluding hydrogens is 572 g/mol. The van der Waals surface area contributed by atoms with Crippen molar-refractivity contribution in [1.82, 2.24) is 29.9 Å². The summed E-state index contributed by atoms with van der Waals surface area (Å²) in [4.78, 5) is 35.3. The van der Waals surface area contributed by atoms with Gasteiger partial charge in [-0.2, -0.15) is 0 Å². The number of carbonyl (C=O) groups excluding carboxylic acids is 2. The van der Waals surface area contributed by atoms with Crippen molar-refractivity contribution in [2.24, 2.45) is 0 Å². The number of aromatic nitrogens is 1. The zero-order valence-electron chi connectivity index (χ0n) is 24.6. The van der Waals surface area contributed by atoms with Gasteiger partial charge in [0.25, 0.3) is 0 Å². The molecule has 3 N–H and O–H groups in total. The van der Waals surface area contributed by atoms with Crippen LogP contribution in [0.4, 0.5) is 4.79 Å². The lowest BCUT2D eigenvalue weighted by atomic mass is 9.87. The minimum atomic E-state index is -4.08. The van der Waals surface area contributed by atoms with Crippen LogP contribution in [0.5, 0.6) is 5.75 Å². The summed E-state index contributed by atoms with van der Waals surface area (Å²) >= 11 is 0. The molecule has 13 heteroatoms. The molecule has 0 atom stereocenters. The Bertz CT molecular complexity index is 1580. The molecule has 230 valence electrons. The predicted octanol–water partition coefficient (Wildman–Crippen LogP) is 2.50. The number of rotatable bonds is 9. The smallest absolute Gasteiger partial charge is 0.320 e. The molecule has 2 fully saturated rings. The summed E-state index contributed by atoms with van der Waals surface area (Å²) in [6.07, 6.45) is -0.325. The van der Waals surface area contributed by atoms with Crippen molar-refractivity contribution >= 4 is 32.9 Å². The van der Waals surface area contributed by atoms with Gasteiger partial charge in [0.05, 0.1) is 22.4 Å². The number of amides is 3. The number of hydroxylamine groups is 1. The molecule has 12 nitrogen and oxygen atoms in total. The lowest BCUT2D eigenvalue weighted by Crippen LogP contribution is -2.73. The van der Waals surface area contributed by atoms with Crippen LogP contribution in [0.3, 0.4) is 0 Å². The topological polar surface area (TPSA) is 144 Å². The van der Waals surface area contributed by atoms with E-state index in [1.165, 1.54) is 17.0 Å². The van der Waals surface area contributed by atoms with E-state index in [4.69, 9.17) is 9.94 Å². The number of hydrogen-bond acceptors (Lipinski definition) is 8. The van der Waals surface area contributed by atoms with Crippen LogP contribution in [0.1, 0.15) is 31.5 Å². The van der Waals surface area contributed by atoms with Gasteiger partial charge in [-0.1, -0.05) is 18.2 Å². The fourth-order valence-corrected chi connectivity index (χ4v) is 7.13. The Kier molecular flexibility index (Phi) is 8.88. The number of sulfonamides is 1. The second kappa shape index (κ2) is 12.4. The number of likely N-dealkylation sites (tertiary alicyclic amines) is 1. The Morgan fingerprint density at radius 3 is 2.35 bits per heavy atom. The van der Waals surface area contributed by atoms with Crippen LogP contribution in [-0.2, 0) is 21.4 Å². The first kappa shape index (κ1) is 30.7. The van der Waals surface area contributed by atoms with Crippen molar-refractivity contribution in [2.45, 2.75) is 50.3 Å². The van der Waals surface area contributed by atoms with E-state index in [1.807, 2.05) is 37.3 Å². The number of nitrogens with zero attached hydrogens (tertiary/aromatic N) is 4. The fourth-order valence-electron chi connectivity index (χ4n) is 5.74. The van der Waals surface area contributed by atoms with E-state index in [2.05, 4.69) is 28.5 Å². The number of fused-ring (bicyclic) bond motifs is 1. The van der Waals surface area contributed by atoms with Crippen molar-refractivity contribution in [3.8, 4) is 5.75 Å². The molecule has 43 heavy (non-hydrogen) atoms. The summed E-state index contributed by atoms with van der Waals surface area (Å²) < 4.78 is 35.4. The summed E-state index contributed by atoms with van der Waals surface area (Å²) in [5.74, 6) is -0.257. The molecule has 0 bridgehead atoms. The molecule has 2 saturated heterocycles. The van der Waals surface area contributed by atoms with Crippen LogP contribution in [0, 0.1) is 6.92 Å². The molecular formula is C30H38N6O6S. The van der Waals surface area contributed by atoms with Gasteiger partial charge in [-0.3, -0.25) is 19.9 Å². The van der Waals surface area contributed by atoms with Gasteiger partial charge in [0.15, 0.2) is 0 Å². The minimum absolute atomic E-state index is 0.00335. The zero-order valence-corrected chi connectivity index (χ0v) is 25.4. The summed E-state index contributed by atoms with van der Waals surface area (Å²) in [5, 5.41) is 10.1. The third-order valence-corrected chi connectivity index (χ3v) is 9.60. The van der Waals surface area contributed by atoms with E-state index in [0.717, 1.165) is 35.2 Å². The molecule has 0 aliphatic carbocycles. The molecule has 1 aromatic heterocycles. The second-order valence-corrected chi connectivity index (χ2v) is 13.2. The maximum atomic E-state index is 13.4. The summed E-state index contributed by atoms with van der Waals surface area (Å²) in [6.45, 7) is 9.13. The Balaban J connectivity index is 1.23. The van der Waals surface area contributed by atoms with E-state index >= 15 is 0 Å². The highest BCUT2D eigenvalue weighted by atomic mass is 32.2. The van der Waals surface area contributed by atoms with Crippen LogP contribution in [0.25, 0.3) is 10.9 Å². The van der Waals surface area contributed by atoms with Gasteiger partial charge in [0.1, 0.15) is 12.4 Å². The molecule has 5 rings (SSSR count). The summed E-state index contributed by atoms with van der Waals surface area (Å²) in [5.41, 5.74) is 3.04. The van der Waals surface area contributed by atoms with Gasteiger partial charge in [-0.15, -0.1) is 0 Å². The first-order valence-electron chi connectivity index (χ1n) is 14.3. The fraction of sp³-hybridized carbons (Fsp3) is 0.433. The quantitative estimate of drug-likeness (QED) is 0.248. The lowest BCUT2D eigenvalue weighted by Gasteiger charge is -2.51. The Morgan fingerprint density at radius 2 is 1.70 bits per heavy atom. The highest BCUT2D eigenvalue weighted by molar-refractivity contribution is 7.89. The van der Waals surface area contributed by atoms with E-state index < -0.39 is 21.5 Å². The Morgan fingerprint density at radius 1 is 1.02 bits per heavy atom. The van der Waals surface area contributed by atoms with E-state index in [1.54, 1.807) is 22.5 Å². The Labute approximate surface area is 251 Å². The van der Waals surface area contributed by atoms with Crippen LogP contribution >= 0.6 is 0 Å². The van der Waals surface area contributed by atoms with Gasteiger partial charge in [-0.05, 0) is 57.2 Å². The highest BCUT2D eigenvalue weighted by Crippen LogP contribution is 2.29. The maximum Gasteiger partial charge on any atom is 0.320 e. The van der Waals surface area contributed by atoms with Crippen LogP contribution < -0.4 is 14.9 Å². The minimum Gasteiger partial charge on any atom is -0.489 e. The number of benzene rings is 2. The van der Waals surface area contributed by atoms with Crippen molar-refractivity contribution in [3.63, 3.8) is 0 Å². The first-order chi connectivity index (χ1) is 20.5.